The van der Waals surface area contributed by atoms with Crippen molar-refractivity contribution in [2.45, 2.75) is 14.7 Å². The zero-order chi connectivity index (χ0) is 23.5. The molecule has 0 unspecified atom stereocenters. The molecule has 8 nitrogen and oxygen atoms in total. The largest absolute Gasteiger partial charge is 0.322 e. The van der Waals surface area contributed by atoms with Gasteiger partial charge in [0.25, 0.3) is 11.6 Å². The Morgan fingerprint density at radius 2 is 1.75 bits per heavy atom. The highest BCUT2D eigenvalue weighted by molar-refractivity contribution is 7.99. The fraction of sp³-hybridized carbons (Fsp3) is 0.0952. The molecule has 1 amide bonds. The summed E-state index contributed by atoms with van der Waals surface area (Å²) in [5.74, 6) is -1.05. The SMILES string of the molecule is CN(C)S(=O)(=O)c1cccc(NC(=O)c2ccc(Sc3ccc(F)cc3)c([N+](=O)[O-])c2)c1. The third-order valence-electron chi connectivity index (χ3n) is 4.33. The van der Waals surface area contributed by atoms with Crippen LogP contribution in [0.25, 0.3) is 0 Å². The second-order valence-electron chi connectivity index (χ2n) is 6.76. The first kappa shape index (κ1) is 23.4. The van der Waals surface area contributed by atoms with E-state index in [4.69, 9.17) is 0 Å². The smallest absolute Gasteiger partial charge is 0.284 e. The van der Waals surface area contributed by atoms with Crippen molar-refractivity contribution in [2.75, 3.05) is 19.4 Å². The molecule has 3 rings (SSSR count). The molecular formula is C21H18FN3O5S2. The lowest BCUT2D eigenvalue weighted by molar-refractivity contribution is -0.387. The monoisotopic (exact) mass is 475 g/mol. The van der Waals surface area contributed by atoms with Crippen LogP contribution in [0.5, 0.6) is 0 Å². The van der Waals surface area contributed by atoms with E-state index in [1.807, 2.05) is 0 Å². The zero-order valence-corrected chi connectivity index (χ0v) is 18.6. The van der Waals surface area contributed by atoms with Gasteiger partial charge in [-0.2, -0.15) is 0 Å². The molecule has 0 fully saturated rings. The summed E-state index contributed by atoms with van der Waals surface area (Å²) in [6.45, 7) is 0. The van der Waals surface area contributed by atoms with Crippen LogP contribution in [0.2, 0.25) is 0 Å². The van der Waals surface area contributed by atoms with E-state index < -0.39 is 26.7 Å². The maximum Gasteiger partial charge on any atom is 0.284 e. The molecule has 0 spiro atoms. The molecule has 0 aliphatic heterocycles. The second-order valence-corrected chi connectivity index (χ2v) is 10.0. The van der Waals surface area contributed by atoms with Gasteiger partial charge in [0.1, 0.15) is 5.82 Å². The quantitative estimate of drug-likeness (QED) is 0.401. The van der Waals surface area contributed by atoms with Crippen LogP contribution in [-0.2, 0) is 10.0 Å². The van der Waals surface area contributed by atoms with Gasteiger partial charge in [0.15, 0.2) is 0 Å². The van der Waals surface area contributed by atoms with Crippen molar-refractivity contribution in [3.8, 4) is 0 Å². The molecule has 0 heterocycles. The van der Waals surface area contributed by atoms with Crippen LogP contribution in [0.3, 0.4) is 0 Å². The molecule has 3 aromatic rings. The Balaban J connectivity index is 1.85. The number of benzene rings is 3. The molecule has 0 radical (unpaired) electrons. The highest BCUT2D eigenvalue weighted by Gasteiger charge is 2.20. The van der Waals surface area contributed by atoms with Crippen molar-refractivity contribution in [1.29, 1.82) is 0 Å². The van der Waals surface area contributed by atoms with Crippen LogP contribution in [0.4, 0.5) is 15.8 Å². The number of nitrogens with one attached hydrogen (secondary N) is 1. The third kappa shape index (κ3) is 5.31. The van der Waals surface area contributed by atoms with E-state index >= 15 is 0 Å². The van der Waals surface area contributed by atoms with Crippen molar-refractivity contribution in [2.24, 2.45) is 0 Å². The molecule has 11 heteroatoms. The molecule has 0 saturated heterocycles. The number of hydrogen-bond acceptors (Lipinski definition) is 6. The molecular weight excluding hydrogens is 457 g/mol. The first-order chi connectivity index (χ1) is 15.1. The molecule has 0 atom stereocenters. The second kappa shape index (κ2) is 9.47. The zero-order valence-electron chi connectivity index (χ0n) is 17.0. The summed E-state index contributed by atoms with van der Waals surface area (Å²) in [5.41, 5.74) is -0.0257. The van der Waals surface area contributed by atoms with Crippen LogP contribution in [0, 0.1) is 15.9 Å². The molecule has 0 aliphatic rings. The van der Waals surface area contributed by atoms with Gasteiger partial charge in [-0.05, 0) is 54.6 Å². The number of carbonyl (C=O) groups excluding carboxylic acids is 1. The van der Waals surface area contributed by atoms with Gasteiger partial charge in [-0.1, -0.05) is 17.8 Å². The summed E-state index contributed by atoms with van der Waals surface area (Å²) < 4.78 is 38.7. The fourth-order valence-corrected chi connectivity index (χ4v) is 4.51. The van der Waals surface area contributed by atoms with Crippen LogP contribution in [0.1, 0.15) is 10.4 Å². The minimum atomic E-state index is -3.69. The lowest BCUT2D eigenvalue weighted by atomic mass is 10.2. The van der Waals surface area contributed by atoms with Crippen molar-refractivity contribution in [1.82, 2.24) is 4.31 Å². The number of amides is 1. The lowest BCUT2D eigenvalue weighted by Crippen LogP contribution is -2.22. The Morgan fingerprint density at radius 3 is 2.38 bits per heavy atom. The molecule has 1 N–H and O–H groups in total. The molecule has 0 saturated carbocycles. The molecule has 0 aromatic heterocycles. The van der Waals surface area contributed by atoms with Gasteiger partial charge in [0, 0.05) is 36.3 Å². The fourth-order valence-electron chi connectivity index (χ4n) is 2.67. The van der Waals surface area contributed by atoms with Crippen LogP contribution < -0.4 is 5.32 Å². The molecule has 166 valence electrons. The number of hydrogen-bond donors (Lipinski definition) is 1. The Morgan fingerprint density at radius 1 is 1.06 bits per heavy atom. The van der Waals surface area contributed by atoms with Crippen LogP contribution in [0.15, 0.2) is 81.4 Å². The van der Waals surface area contributed by atoms with Gasteiger partial charge in [0.2, 0.25) is 10.0 Å². The average molecular weight is 476 g/mol. The molecule has 32 heavy (non-hydrogen) atoms. The molecule has 0 bridgehead atoms. The third-order valence-corrected chi connectivity index (χ3v) is 7.21. The molecule has 0 aliphatic carbocycles. The maximum absolute atomic E-state index is 13.1. The number of carbonyl (C=O) groups is 1. The van der Waals surface area contributed by atoms with Crippen molar-refractivity contribution < 1.29 is 22.5 Å². The summed E-state index contributed by atoms with van der Waals surface area (Å²) in [5, 5.41) is 14.1. The van der Waals surface area contributed by atoms with Gasteiger partial charge in [-0.25, -0.2) is 17.1 Å². The molecule has 3 aromatic carbocycles. The van der Waals surface area contributed by atoms with E-state index in [1.165, 1.54) is 74.8 Å². The van der Waals surface area contributed by atoms with E-state index in [1.54, 1.807) is 0 Å². The van der Waals surface area contributed by atoms with Gasteiger partial charge in [0.05, 0.1) is 14.7 Å². The highest BCUT2D eigenvalue weighted by Crippen LogP contribution is 2.35. The highest BCUT2D eigenvalue weighted by atomic mass is 32.2. The van der Waals surface area contributed by atoms with Gasteiger partial charge < -0.3 is 5.32 Å². The summed E-state index contributed by atoms with van der Waals surface area (Å²) in [4.78, 5) is 24.5. The average Bonchev–Trinajstić information content (AvgIpc) is 2.75. The number of nitro benzene ring substituents is 1. The number of sulfonamides is 1. The predicted molar refractivity (Wildman–Crippen MR) is 119 cm³/mol. The van der Waals surface area contributed by atoms with Crippen molar-refractivity contribution in [3.63, 3.8) is 0 Å². The van der Waals surface area contributed by atoms with Crippen LogP contribution in [-0.4, -0.2) is 37.6 Å². The lowest BCUT2D eigenvalue weighted by Gasteiger charge is -2.13. The topological polar surface area (TPSA) is 110 Å². The number of nitrogens with zero attached hydrogens (tertiary/aromatic N) is 2. The number of nitro groups is 1. The van der Waals surface area contributed by atoms with E-state index in [-0.39, 0.29) is 26.7 Å². The van der Waals surface area contributed by atoms with Gasteiger partial charge in [-0.3, -0.25) is 14.9 Å². The van der Waals surface area contributed by atoms with E-state index in [0.29, 0.717) is 4.90 Å². The first-order valence-electron chi connectivity index (χ1n) is 9.14. The maximum atomic E-state index is 13.1. The van der Waals surface area contributed by atoms with Gasteiger partial charge in [-0.15, -0.1) is 0 Å². The van der Waals surface area contributed by atoms with Crippen molar-refractivity contribution >= 4 is 39.1 Å². The first-order valence-corrected chi connectivity index (χ1v) is 11.4. The Hall–Kier alpha value is -3.28. The van der Waals surface area contributed by atoms with Crippen molar-refractivity contribution in [3.05, 3.63) is 88.2 Å². The van der Waals surface area contributed by atoms with E-state index in [9.17, 15) is 27.7 Å². The number of rotatable bonds is 7. The summed E-state index contributed by atoms with van der Waals surface area (Å²) >= 11 is 1.07. The predicted octanol–water partition coefficient (Wildman–Crippen LogP) is 4.39. The number of anilines is 1. The van der Waals surface area contributed by atoms with E-state index in [2.05, 4.69) is 5.32 Å². The summed E-state index contributed by atoms with van der Waals surface area (Å²) in [6, 6.07) is 15.2. The van der Waals surface area contributed by atoms with Gasteiger partial charge >= 0.3 is 0 Å². The Bertz CT molecular complexity index is 1280. The standard InChI is InChI=1S/C21H18FN3O5S2/c1-24(2)32(29,30)18-5-3-4-16(13-18)23-21(26)14-6-11-20(19(12-14)25(27)28)31-17-9-7-15(22)8-10-17/h3-13H,1-2H3,(H,23,26). The Kier molecular flexibility index (Phi) is 6.92. The number of halogens is 1. The minimum Gasteiger partial charge on any atom is -0.322 e. The normalized spacial score (nSPS) is 11.4. The summed E-state index contributed by atoms with van der Waals surface area (Å²) in [6.07, 6.45) is 0. The summed E-state index contributed by atoms with van der Waals surface area (Å²) in [7, 11) is -0.901. The Labute approximate surface area is 188 Å². The minimum absolute atomic E-state index is 0.00248. The van der Waals surface area contributed by atoms with E-state index in [0.717, 1.165) is 22.1 Å². The van der Waals surface area contributed by atoms with Crippen LogP contribution >= 0.6 is 11.8 Å².